The zero-order valence-electron chi connectivity index (χ0n) is 10.6. The Morgan fingerprint density at radius 2 is 2.05 bits per heavy atom. The van der Waals surface area contributed by atoms with Crippen molar-refractivity contribution in [3.8, 4) is 0 Å². The van der Waals surface area contributed by atoms with Gasteiger partial charge in [0.1, 0.15) is 17.1 Å². The highest BCUT2D eigenvalue weighted by Gasteiger charge is 2.35. The second-order valence-electron chi connectivity index (χ2n) is 4.42. The average molecular weight is 276 g/mol. The van der Waals surface area contributed by atoms with Gasteiger partial charge in [0.15, 0.2) is 0 Å². The predicted octanol–water partition coefficient (Wildman–Crippen LogP) is 3.16. The third-order valence-electron chi connectivity index (χ3n) is 2.67. The molecule has 0 fully saturated rings. The van der Waals surface area contributed by atoms with Gasteiger partial charge >= 0.3 is 12.1 Å². The molecule has 0 saturated heterocycles. The summed E-state index contributed by atoms with van der Waals surface area (Å²) in [6.45, 7) is 3.21. The zero-order valence-corrected chi connectivity index (χ0v) is 10.6. The fourth-order valence-corrected chi connectivity index (χ4v) is 1.67. The van der Waals surface area contributed by atoms with Gasteiger partial charge in [-0.1, -0.05) is 19.4 Å². The molecule has 1 heterocycles. The molecule has 2 N–H and O–H groups in total. The fraction of sp³-hybridized carbons (Fsp3) is 0.500. The highest BCUT2D eigenvalue weighted by Crippen LogP contribution is 2.29. The van der Waals surface area contributed by atoms with E-state index >= 15 is 0 Å². The number of pyridine rings is 1. The third kappa shape index (κ3) is 3.84. The van der Waals surface area contributed by atoms with E-state index < -0.39 is 23.4 Å². The molecule has 7 heteroatoms. The Kier molecular flexibility index (Phi) is 4.39. The molecule has 0 aliphatic carbocycles. The van der Waals surface area contributed by atoms with Crippen molar-refractivity contribution in [3.63, 3.8) is 0 Å². The summed E-state index contributed by atoms with van der Waals surface area (Å²) in [5.74, 6) is -1.23. The van der Waals surface area contributed by atoms with Crippen LogP contribution in [0.15, 0.2) is 18.2 Å². The molecule has 1 rings (SSSR count). The lowest BCUT2D eigenvalue weighted by atomic mass is 9.96. The molecule has 1 aromatic heterocycles. The summed E-state index contributed by atoms with van der Waals surface area (Å²) in [7, 11) is 0. The number of alkyl halides is 3. The molecule has 106 valence electrons. The maximum absolute atomic E-state index is 12.5. The molecule has 0 spiro atoms. The first-order chi connectivity index (χ1) is 8.69. The normalized spacial score (nSPS) is 14.8. The maximum atomic E-state index is 12.5. The predicted molar refractivity (Wildman–Crippen MR) is 63.8 cm³/mol. The molecule has 1 unspecified atom stereocenters. The fourth-order valence-electron chi connectivity index (χ4n) is 1.67. The standard InChI is InChI=1S/C12H15F3N2O2/c1-3-7-11(2,10(18)19)17-9-6-4-5-8(16-9)12(13,14)15/h4-6H,3,7H2,1-2H3,(H,16,17)(H,18,19). The van der Waals surface area contributed by atoms with Crippen LogP contribution >= 0.6 is 0 Å². The van der Waals surface area contributed by atoms with Crippen LogP contribution in [-0.2, 0) is 11.0 Å². The molecule has 1 atom stereocenters. The Bertz CT molecular complexity index is 463. The molecule has 0 radical (unpaired) electrons. The highest BCUT2D eigenvalue weighted by molar-refractivity contribution is 5.81. The van der Waals surface area contributed by atoms with Crippen LogP contribution < -0.4 is 5.32 Å². The number of rotatable bonds is 5. The van der Waals surface area contributed by atoms with Crippen LogP contribution in [0, 0.1) is 0 Å². The number of hydrogen-bond acceptors (Lipinski definition) is 3. The van der Waals surface area contributed by atoms with Crippen LogP contribution in [0.4, 0.5) is 19.0 Å². The van der Waals surface area contributed by atoms with Crippen LogP contribution in [-0.4, -0.2) is 21.6 Å². The molecular formula is C12H15F3N2O2. The highest BCUT2D eigenvalue weighted by atomic mass is 19.4. The van der Waals surface area contributed by atoms with Gasteiger partial charge in [-0.15, -0.1) is 0 Å². The SMILES string of the molecule is CCCC(C)(Nc1cccc(C(F)(F)F)n1)C(=O)O. The molecule has 0 amide bonds. The Morgan fingerprint density at radius 1 is 1.42 bits per heavy atom. The molecule has 0 aliphatic heterocycles. The molecule has 0 bridgehead atoms. The first-order valence-electron chi connectivity index (χ1n) is 5.75. The zero-order chi connectivity index (χ0) is 14.7. The van der Waals surface area contributed by atoms with Gasteiger partial charge in [0.05, 0.1) is 0 Å². The molecule has 4 nitrogen and oxygen atoms in total. The smallest absolute Gasteiger partial charge is 0.433 e. The quantitative estimate of drug-likeness (QED) is 0.867. The van der Waals surface area contributed by atoms with Gasteiger partial charge in [-0.05, 0) is 25.5 Å². The number of hydrogen-bond donors (Lipinski definition) is 2. The molecule has 0 saturated carbocycles. The van der Waals surface area contributed by atoms with Crippen molar-refractivity contribution in [1.82, 2.24) is 4.98 Å². The Labute approximate surface area is 108 Å². The summed E-state index contributed by atoms with van der Waals surface area (Å²) in [5.41, 5.74) is -2.40. The molecule has 1 aromatic rings. The van der Waals surface area contributed by atoms with E-state index in [0.29, 0.717) is 6.42 Å². The summed E-state index contributed by atoms with van der Waals surface area (Å²) >= 11 is 0. The van der Waals surface area contributed by atoms with Gasteiger partial charge in [0.2, 0.25) is 0 Å². The Hall–Kier alpha value is -1.79. The second-order valence-corrected chi connectivity index (χ2v) is 4.42. The number of carboxylic acids is 1. The van der Waals surface area contributed by atoms with Crippen molar-refractivity contribution < 1.29 is 23.1 Å². The van der Waals surface area contributed by atoms with Gasteiger partial charge in [0, 0.05) is 0 Å². The lowest BCUT2D eigenvalue weighted by molar-refractivity contribution is -0.142. The first kappa shape index (κ1) is 15.3. The van der Waals surface area contributed by atoms with Crippen molar-refractivity contribution in [2.45, 2.75) is 38.4 Å². The van der Waals surface area contributed by atoms with Crippen LogP contribution in [0.1, 0.15) is 32.4 Å². The number of halogens is 3. The third-order valence-corrected chi connectivity index (χ3v) is 2.67. The molecule has 19 heavy (non-hydrogen) atoms. The van der Waals surface area contributed by atoms with Crippen molar-refractivity contribution >= 4 is 11.8 Å². The van der Waals surface area contributed by atoms with E-state index in [0.717, 1.165) is 6.07 Å². The minimum atomic E-state index is -4.55. The second kappa shape index (κ2) is 5.46. The van der Waals surface area contributed by atoms with Gasteiger partial charge in [-0.2, -0.15) is 13.2 Å². The Morgan fingerprint density at radius 3 is 2.53 bits per heavy atom. The average Bonchev–Trinajstić information content (AvgIpc) is 2.28. The molecular weight excluding hydrogens is 261 g/mol. The summed E-state index contributed by atoms with van der Waals surface area (Å²) < 4.78 is 37.5. The van der Waals surface area contributed by atoms with Crippen molar-refractivity contribution in [3.05, 3.63) is 23.9 Å². The van der Waals surface area contributed by atoms with Crippen LogP contribution in [0.25, 0.3) is 0 Å². The largest absolute Gasteiger partial charge is 0.480 e. The molecule has 0 aromatic carbocycles. The minimum absolute atomic E-state index is 0.104. The topological polar surface area (TPSA) is 62.2 Å². The number of aliphatic carboxylic acids is 1. The maximum Gasteiger partial charge on any atom is 0.433 e. The van der Waals surface area contributed by atoms with Crippen molar-refractivity contribution in [2.75, 3.05) is 5.32 Å². The van der Waals surface area contributed by atoms with Gasteiger partial charge in [0.25, 0.3) is 0 Å². The van der Waals surface area contributed by atoms with Gasteiger partial charge < -0.3 is 10.4 Å². The number of nitrogens with one attached hydrogen (secondary N) is 1. The number of carboxylic acid groups (broad SMARTS) is 1. The number of aromatic nitrogens is 1. The lowest BCUT2D eigenvalue weighted by Gasteiger charge is -2.26. The van der Waals surface area contributed by atoms with E-state index in [1.54, 1.807) is 6.92 Å². The molecule has 0 aliphatic rings. The van der Waals surface area contributed by atoms with Gasteiger partial charge in [-0.25, -0.2) is 9.78 Å². The van der Waals surface area contributed by atoms with Gasteiger partial charge in [-0.3, -0.25) is 0 Å². The summed E-state index contributed by atoms with van der Waals surface area (Å²) in [6.07, 6.45) is -3.70. The first-order valence-corrected chi connectivity index (χ1v) is 5.75. The van der Waals surface area contributed by atoms with Crippen LogP contribution in [0.2, 0.25) is 0 Å². The van der Waals surface area contributed by atoms with Crippen molar-refractivity contribution in [2.24, 2.45) is 0 Å². The minimum Gasteiger partial charge on any atom is -0.480 e. The van der Waals surface area contributed by atoms with E-state index in [9.17, 15) is 18.0 Å². The number of nitrogens with zero attached hydrogens (tertiary/aromatic N) is 1. The van der Waals surface area contributed by atoms with Crippen LogP contribution in [0.3, 0.4) is 0 Å². The summed E-state index contributed by atoms with van der Waals surface area (Å²) in [5, 5.41) is 11.7. The summed E-state index contributed by atoms with van der Waals surface area (Å²) in [6, 6.07) is 3.33. The lowest BCUT2D eigenvalue weighted by Crippen LogP contribution is -2.43. The van der Waals surface area contributed by atoms with E-state index in [2.05, 4.69) is 10.3 Å². The van der Waals surface area contributed by atoms with Crippen LogP contribution in [0.5, 0.6) is 0 Å². The van der Waals surface area contributed by atoms with E-state index in [1.807, 2.05) is 0 Å². The summed E-state index contributed by atoms with van der Waals surface area (Å²) in [4.78, 5) is 14.6. The van der Waals surface area contributed by atoms with E-state index in [-0.39, 0.29) is 12.2 Å². The van der Waals surface area contributed by atoms with Crippen molar-refractivity contribution in [1.29, 1.82) is 0 Å². The number of carbonyl (C=O) groups is 1. The van der Waals surface area contributed by atoms with E-state index in [1.165, 1.54) is 19.1 Å². The van der Waals surface area contributed by atoms with E-state index in [4.69, 9.17) is 5.11 Å². The monoisotopic (exact) mass is 276 g/mol. The Balaban J connectivity index is 3.01. The number of anilines is 1.